The fourth-order valence-corrected chi connectivity index (χ4v) is 2.46. The minimum Gasteiger partial charge on any atom is -0.409 e. The molecule has 3 N–H and O–H groups in total. The number of hydrogen-bond donors (Lipinski definition) is 2. The summed E-state index contributed by atoms with van der Waals surface area (Å²) in [7, 11) is 1.84. The number of benzene rings is 1. The zero-order valence-corrected chi connectivity index (χ0v) is 12.9. The van der Waals surface area contributed by atoms with Gasteiger partial charge in [0.15, 0.2) is 11.7 Å². The van der Waals surface area contributed by atoms with Gasteiger partial charge in [-0.3, -0.25) is 0 Å². The molecule has 20 heavy (non-hydrogen) atoms. The van der Waals surface area contributed by atoms with Crippen molar-refractivity contribution in [3.8, 4) is 0 Å². The fraction of sp³-hybridized carbons (Fsp3) is 0.0769. The summed E-state index contributed by atoms with van der Waals surface area (Å²) >= 11 is 9.50. The van der Waals surface area contributed by atoms with E-state index in [0.717, 1.165) is 10.2 Å². The third-order valence-electron chi connectivity index (χ3n) is 2.74. The zero-order valence-electron chi connectivity index (χ0n) is 10.6. The minimum atomic E-state index is 0.0510. The Labute approximate surface area is 129 Å². The molecule has 1 aromatic carbocycles. The number of nitrogens with two attached hydrogens (primary N) is 1. The summed E-state index contributed by atoms with van der Waals surface area (Å²) in [5.74, 6) is 0.668. The highest BCUT2D eigenvalue weighted by molar-refractivity contribution is 9.10. The lowest BCUT2D eigenvalue weighted by molar-refractivity contribution is 0.318. The molecule has 0 radical (unpaired) electrons. The molecule has 5 nitrogen and oxygen atoms in total. The standard InChI is InChI=1S/C13H12BrClN4O/c1-19(13-11(15)6-9(14)7-17-13)10-4-2-3-8(5-10)12(16)18-20/h2-7,20H,1H3,(H2,16,18). The molecule has 2 aromatic rings. The van der Waals surface area contributed by atoms with Crippen molar-refractivity contribution < 1.29 is 5.21 Å². The number of pyridine rings is 1. The largest absolute Gasteiger partial charge is 0.409 e. The Bertz CT molecular complexity index is 663. The van der Waals surface area contributed by atoms with Crippen LogP contribution >= 0.6 is 27.5 Å². The first-order chi connectivity index (χ1) is 9.52. The summed E-state index contributed by atoms with van der Waals surface area (Å²) in [4.78, 5) is 6.11. The molecule has 0 saturated heterocycles. The van der Waals surface area contributed by atoms with Crippen molar-refractivity contribution in [2.75, 3.05) is 11.9 Å². The van der Waals surface area contributed by atoms with Crippen LogP contribution in [0, 0.1) is 0 Å². The number of halogens is 2. The lowest BCUT2D eigenvalue weighted by Crippen LogP contribution is -2.16. The summed E-state index contributed by atoms with van der Waals surface area (Å²) in [6, 6.07) is 9.01. The zero-order chi connectivity index (χ0) is 14.7. The Morgan fingerprint density at radius 3 is 2.85 bits per heavy atom. The predicted octanol–water partition coefficient (Wildman–Crippen LogP) is 3.36. The first kappa shape index (κ1) is 14.6. The van der Waals surface area contributed by atoms with Crippen molar-refractivity contribution in [2.45, 2.75) is 0 Å². The molecule has 0 atom stereocenters. The second-order valence-electron chi connectivity index (χ2n) is 4.05. The van der Waals surface area contributed by atoms with E-state index in [4.69, 9.17) is 22.5 Å². The third-order valence-corrected chi connectivity index (χ3v) is 3.45. The summed E-state index contributed by atoms with van der Waals surface area (Å²) in [5, 5.41) is 12.2. The Hall–Kier alpha value is -1.79. The number of rotatable bonds is 3. The van der Waals surface area contributed by atoms with Crippen LogP contribution in [0.2, 0.25) is 5.02 Å². The number of anilines is 2. The van der Waals surface area contributed by atoms with E-state index in [9.17, 15) is 0 Å². The van der Waals surface area contributed by atoms with Crippen molar-refractivity contribution in [3.63, 3.8) is 0 Å². The molecule has 0 saturated carbocycles. The van der Waals surface area contributed by atoms with E-state index in [1.165, 1.54) is 0 Å². The average Bonchev–Trinajstić information content (AvgIpc) is 2.46. The Kier molecular flexibility index (Phi) is 4.46. The Balaban J connectivity index is 2.40. The maximum absolute atomic E-state index is 8.72. The minimum absolute atomic E-state index is 0.0510. The molecule has 0 unspecified atom stereocenters. The molecule has 0 bridgehead atoms. The second kappa shape index (κ2) is 6.11. The molecular weight excluding hydrogens is 344 g/mol. The van der Waals surface area contributed by atoms with Gasteiger partial charge in [0.25, 0.3) is 0 Å². The van der Waals surface area contributed by atoms with Gasteiger partial charge in [-0.25, -0.2) is 4.98 Å². The van der Waals surface area contributed by atoms with Crippen molar-refractivity contribution in [2.24, 2.45) is 10.9 Å². The SMILES string of the molecule is CN(c1cccc(/C(N)=N/O)c1)c1ncc(Br)cc1Cl. The van der Waals surface area contributed by atoms with Crippen molar-refractivity contribution in [3.05, 3.63) is 51.6 Å². The first-order valence-electron chi connectivity index (χ1n) is 5.65. The van der Waals surface area contributed by atoms with Crippen molar-refractivity contribution in [1.82, 2.24) is 4.98 Å². The van der Waals surface area contributed by atoms with Crippen LogP contribution in [0.3, 0.4) is 0 Å². The molecular formula is C13H12BrClN4O. The highest BCUT2D eigenvalue weighted by atomic mass is 79.9. The van der Waals surface area contributed by atoms with E-state index in [1.54, 1.807) is 24.4 Å². The van der Waals surface area contributed by atoms with E-state index in [-0.39, 0.29) is 5.84 Å². The van der Waals surface area contributed by atoms with Gasteiger partial charge >= 0.3 is 0 Å². The number of nitrogens with zero attached hydrogens (tertiary/aromatic N) is 3. The van der Waals surface area contributed by atoms with E-state index in [1.807, 2.05) is 24.1 Å². The van der Waals surface area contributed by atoms with Gasteiger partial charge in [-0.1, -0.05) is 28.9 Å². The number of aromatic nitrogens is 1. The van der Waals surface area contributed by atoms with Gasteiger partial charge < -0.3 is 15.8 Å². The van der Waals surface area contributed by atoms with Crippen LogP contribution in [0.15, 0.2) is 46.2 Å². The monoisotopic (exact) mass is 354 g/mol. The maximum atomic E-state index is 8.72. The van der Waals surface area contributed by atoms with Gasteiger partial charge in [-0.15, -0.1) is 0 Å². The Morgan fingerprint density at radius 1 is 1.45 bits per heavy atom. The molecule has 2 rings (SSSR count). The van der Waals surface area contributed by atoms with Crippen LogP contribution in [0.4, 0.5) is 11.5 Å². The lowest BCUT2D eigenvalue weighted by atomic mass is 10.1. The molecule has 0 aliphatic carbocycles. The molecule has 0 aliphatic heterocycles. The van der Waals surface area contributed by atoms with E-state index in [2.05, 4.69) is 26.1 Å². The molecule has 104 valence electrons. The van der Waals surface area contributed by atoms with Crippen LogP contribution in [0.1, 0.15) is 5.56 Å². The van der Waals surface area contributed by atoms with Gasteiger partial charge in [0.05, 0.1) is 5.02 Å². The van der Waals surface area contributed by atoms with E-state index < -0.39 is 0 Å². The van der Waals surface area contributed by atoms with Crippen LogP contribution in [0.5, 0.6) is 0 Å². The molecule has 1 aromatic heterocycles. The van der Waals surface area contributed by atoms with E-state index >= 15 is 0 Å². The molecule has 7 heteroatoms. The van der Waals surface area contributed by atoms with Gasteiger partial charge in [-0.05, 0) is 34.1 Å². The number of oxime groups is 1. The van der Waals surface area contributed by atoms with Gasteiger partial charge in [0, 0.05) is 29.0 Å². The quantitative estimate of drug-likeness (QED) is 0.383. The first-order valence-corrected chi connectivity index (χ1v) is 6.82. The summed E-state index contributed by atoms with van der Waals surface area (Å²) < 4.78 is 0.810. The normalized spacial score (nSPS) is 11.4. The second-order valence-corrected chi connectivity index (χ2v) is 5.38. The summed E-state index contributed by atoms with van der Waals surface area (Å²) in [6.07, 6.45) is 1.67. The number of hydrogen-bond acceptors (Lipinski definition) is 4. The summed E-state index contributed by atoms with van der Waals surface area (Å²) in [6.45, 7) is 0. The fourth-order valence-electron chi connectivity index (χ4n) is 1.71. The molecule has 1 heterocycles. The topological polar surface area (TPSA) is 74.7 Å². The maximum Gasteiger partial charge on any atom is 0.170 e. The van der Waals surface area contributed by atoms with Crippen molar-refractivity contribution in [1.29, 1.82) is 0 Å². The lowest BCUT2D eigenvalue weighted by Gasteiger charge is -2.20. The molecule has 0 fully saturated rings. The predicted molar refractivity (Wildman–Crippen MR) is 84.0 cm³/mol. The molecule has 0 spiro atoms. The van der Waals surface area contributed by atoms with Crippen LogP contribution < -0.4 is 10.6 Å². The average molecular weight is 356 g/mol. The Morgan fingerprint density at radius 2 is 2.20 bits per heavy atom. The van der Waals surface area contributed by atoms with E-state index in [0.29, 0.717) is 16.4 Å². The van der Waals surface area contributed by atoms with Gasteiger partial charge in [-0.2, -0.15) is 0 Å². The van der Waals surface area contributed by atoms with Crippen molar-refractivity contribution >= 4 is 44.9 Å². The van der Waals surface area contributed by atoms with Gasteiger partial charge in [0.2, 0.25) is 0 Å². The van der Waals surface area contributed by atoms with Crippen LogP contribution in [-0.2, 0) is 0 Å². The number of amidine groups is 1. The smallest absolute Gasteiger partial charge is 0.170 e. The van der Waals surface area contributed by atoms with Gasteiger partial charge in [0.1, 0.15) is 0 Å². The van der Waals surface area contributed by atoms with Crippen LogP contribution in [-0.4, -0.2) is 23.1 Å². The molecule has 0 amide bonds. The summed E-state index contributed by atoms with van der Waals surface area (Å²) in [5.41, 5.74) is 7.03. The third kappa shape index (κ3) is 3.02. The van der Waals surface area contributed by atoms with Crippen LogP contribution in [0.25, 0.3) is 0 Å². The highest BCUT2D eigenvalue weighted by Gasteiger charge is 2.11. The highest BCUT2D eigenvalue weighted by Crippen LogP contribution is 2.30. The molecule has 0 aliphatic rings.